The number of sulfone groups is 1. The zero-order valence-electron chi connectivity index (χ0n) is 16.4. The number of benzene rings is 2. The molecule has 6 nitrogen and oxygen atoms in total. The molecule has 0 fully saturated rings. The first-order valence-corrected chi connectivity index (χ1v) is 11.6. The number of likely N-dealkylation sites (N-methyl/N-ethyl adjacent to an activating group) is 1. The SMILES string of the molecule is Cc1cccc(C(=O)N(CC[NH+](C)C)c2nc3c(S(C)(=O)=O)cccc3s2)c1. The molecule has 3 rings (SSSR count). The number of amides is 1. The van der Waals surface area contributed by atoms with Gasteiger partial charge in [0.05, 0.1) is 36.8 Å². The van der Waals surface area contributed by atoms with Crippen molar-refractivity contribution in [2.24, 2.45) is 0 Å². The second kappa shape index (κ2) is 7.98. The number of thiazole rings is 1. The van der Waals surface area contributed by atoms with Crippen LogP contribution in [0.5, 0.6) is 0 Å². The van der Waals surface area contributed by atoms with Gasteiger partial charge in [0.25, 0.3) is 5.91 Å². The van der Waals surface area contributed by atoms with Gasteiger partial charge in [-0.15, -0.1) is 0 Å². The van der Waals surface area contributed by atoms with E-state index in [-0.39, 0.29) is 10.8 Å². The summed E-state index contributed by atoms with van der Waals surface area (Å²) in [4.78, 5) is 20.8. The summed E-state index contributed by atoms with van der Waals surface area (Å²) in [5.41, 5.74) is 2.02. The first-order chi connectivity index (χ1) is 13.2. The third-order valence-electron chi connectivity index (χ3n) is 4.35. The maximum absolute atomic E-state index is 13.2. The Hall–Kier alpha value is -2.29. The second-order valence-corrected chi connectivity index (χ2v) is 10.1. The summed E-state index contributed by atoms with van der Waals surface area (Å²) >= 11 is 1.33. The average Bonchev–Trinajstić information content (AvgIpc) is 3.04. The first-order valence-electron chi connectivity index (χ1n) is 8.94. The summed E-state index contributed by atoms with van der Waals surface area (Å²) in [6.07, 6.45) is 1.17. The fraction of sp³-hybridized carbons (Fsp3) is 0.300. The molecule has 0 aliphatic heterocycles. The van der Waals surface area contributed by atoms with Crippen molar-refractivity contribution < 1.29 is 18.1 Å². The molecule has 2 aromatic carbocycles. The van der Waals surface area contributed by atoms with Crippen LogP contribution in [0.25, 0.3) is 10.2 Å². The number of nitrogens with zero attached hydrogens (tertiary/aromatic N) is 2. The van der Waals surface area contributed by atoms with Crippen molar-refractivity contribution in [3.05, 3.63) is 53.6 Å². The third-order valence-corrected chi connectivity index (χ3v) is 6.52. The van der Waals surface area contributed by atoms with E-state index in [9.17, 15) is 13.2 Å². The van der Waals surface area contributed by atoms with Crippen LogP contribution in [0, 0.1) is 6.92 Å². The van der Waals surface area contributed by atoms with Crippen LogP contribution >= 0.6 is 11.3 Å². The second-order valence-electron chi connectivity index (χ2n) is 7.15. The Labute approximate surface area is 169 Å². The molecule has 8 heteroatoms. The van der Waals surface area contributed by atoms with Crippen molar-refractivity contribution in [1.29, 1.82) is 0 Å². The molecule has 0 atom stereocenters. The predicted octanol–water partition coefficient (Wildman–Crippen LogP) is 1.80. The highest BCUT2D eigenvalue weighted by Crippen LogP contribution is 2.33. The molecule has 0 saturated heterocycles. The number of aromatic nitrogens is 1. The molecule has 0 aliphatic rings. The largest absolute Gasteiger partial charge is 0.338 e. The molecule has 0 spiro atoms. The normalized spacial score (nSPS) is 11.9. The average molecular weight is 419 g/mol. The van der Waals surface area contributed by atoms with Crippen molar-refractivity contribution in [3.63, 3.8) is 0 Å². The number of aryl methyl sites for hydroxylation is 1. The lowest BCUT2D eigenvalue weighted by atomic mass is 10.1. The van der Waals surface area contributed by atoms with Crippen molar-refractivity contribution in [2.45, 2.75) is 11.8 Å². The van der Waals surface area contributed by atoms with E-state index in [4.69, 9.17) is 0 Å². The lowest BCUT2D eigenvalue weighted by Crippen LogP contribution is -3.06. The first kappa shape index (κ1) is 20.4. The van der Waals surface area contributed by atoms with Gasteiger partial charge in [0.2, 0.25) is 0 Å². The van der Waals surface area contributed by atoms with Crippen LogP contribution in [0.2, 0.25) is 0 Å². The molecule has 0 radical (unpaired) electrons. The number of anilines is 1. The van der Waals surface area contributed by atoms with Gasteiger partial charge in [-0.05, 0) is 31.2 Å². The highest BCUT2D eigenvalue weighted by Gasteiger charge is 2.24. The van der Waals surface area contributed by atoms with Gasteiger partial charge >= 0.3 is 0 Å². The standard InChI is InChI=1S/C20H23N3O3S2/c1-14-7-5-8-15(13-14)19(24)23(12-11-22(2)3)20-21-18-16(27-20)9-6-10-17(18)28(4,25)26/h5-10,13H,11-12H2,1-4H3/p+1. The van der Waals surface area contributed by atoms with Crippen molar-refractivity contribution in [2.75, 3.05) is 38.3 Å². The van der Waals surface area contributed by atoms with Gasteiger partial charge in [0, 0.05) is 11.8 Å². The minimum atomic E-state index is -3.41. The van der Waals surface area contributed by atoms with Crippen LogP contribution in [0.3, 0.4) is 0 Å². The Bertz CT molecular complexity index is 1120. The maximum Gasteiger partial charge on any atom is 0.260 e. The van der Waals surface area contributed by atoms with E-state index in [1.807, 2.05) is 45.3 Å². The number of rotatable bonds is 6. The molecule has 3 aromatic rings. The Morgan fingerprint density at radius 2 is 1.89 bits per heavy atom. The molecule has 0 saturated carbocycles. The topological polar surface area (TPSA) is 71.8 Å². The van der Waals surface area contributed by atoms with Gasteiger partial charge in [-0.25, -0.2) is 13.4 Å². The fourth-order valence-corrected chi connectivity index (χ4v) is 4.79. The number of fused-ring (bicyclic) bond motifs is 1. The summed E-state index contributed by atoms with van der Waals surface area (Å²) < 4.78 is 25.0. The fourth-order valence-electron chi connectivity index (χ4n) is 2.88. The Balaban J connectivity index is 2.09. The molecule has 1 aromatic heterocycles. The molecule has 28 heavy (non-hydrogen) atoms. The quantitative estimate of drug-likeness (QED) is 0.663. The van der Waals surface area contributed by atoms with E-state index in [0.717, 1.165) is 16.8 Å². The number of carbonyl (C=O) groups is 1. The monoisotopic (exact) mass is 418 g/mol. The van der Waals surface area contributed by atoms with Crippen LogP contribution in [0.4, 0.5) is 5.13 Å². The minimum Gasteiger partial charge on any atom is -0.338 e. The zero-order valence-corrected chi connectivity index (χ0v) is 18.0. The van der Waals surface area contributed by atoms with Gasteiger partial charge in [0.15, 0.2) is 15.0 Å². The Morgan fingerprint density at radius 1 is 1.18 bits per heavy atom. The third kappa shape index (κ3) is 4.40. The van der Waals surface area contributed by atoms with Gasteiger partial charge in [-0.1, -0.05) is 35.1 Å². The number of hydrogen-bond donors (Lipinski definition) is 1. The van der Waals surface area contributed by atoms with E-state index in [1.54, 1.807) is 23.1 Å². The van der Waals surface area contributed by atoms with Crippen molar-refractivity contribution >= 4 is 42.4 Å². The van der Waals surface area contributed by atoms with Crippen molar-refractivity contribution in [3.8, 4) is 0 Å². The lowest BCUT2D eigenvalue weighted by molar-refractivity contribution is -0.856. The summed E-state index contributed by atoms with van der Waals surface area (Å²) in [6, 6.07) is 12.5. The van der Waals surface area contributed by atoms with Gasteiger partial charge in [-0.2, -0.15) is 0 Å². The Morgan fingerprint density at radius 3 is 2.54 bits per heavy atom. The molecule has 1 amide bonds. The summed E-state index contributed by atoms with van der Waals surface area (Å²) in [6.45, 7) is 3.18. The summed E-state index contributed by atoms with van der Waals surface area (Å²) in [7, 11) is 0.638. The molecule has 0 bridgehead atoms. The number of hydrogen-bond acceptors (Lipinski definition) is 5. The van der Waals surface area contributed by atoms with Crippen LogP contribution in [-0.2, 0) is 9.84 Å². The smallest absolute Gasteiger partial charge is 0.260 e. The van der Waals surface area contributed by atoms with Gasteiger partial charge in [0.1, 0.15) is 5.52 Å². The predicted molar refractivity (Wildman–Crippen MR) is 113 cm³/mol. The number of carbonyl (C=O) groups excluding carboxylic acids is 1. The zero-order chi connectivity index (χ0) is 20.5. The number of nitrogens with one attached hydrogen (secondary N) is 1. The summed E-state index contributed by atoms with van der Waals surface area (Å²) in [5.74, 6) is -0.134. The molecular formula is C20H24N3O3S2+. The number of para-hydroxylation sites is 1. The lowest BCUT2D eigenvalue weighted by Gasteiger charge is -2.21. The van der Waals surface area contributed by atoms with Crippen LogP contribution < -0.4 is 9.80 Å². The highest BCUT2D eigenvalue weighted by molar-refractivity contribution is 7.91. The highest BCUT2D eigenvalue weighted by atomic mass is 32.2. The molecule has 0 unspecified atom stereocenters. The van der Waals surface area contributed by atoms with Gasteiger partial charge in [-0.3, -0.25) is 9.69 Å². The maximum atomic E-state index is 13.2. The van der Waals surface area contributed by atoms with E-state index in [1.165, 1.54) is 22.5 Å². The molecule has 148 valence electrons. The molecular weight excluding hydrogens is 394 g/mol. The number of quaternary nitrogens is 1. The van der Waals surface area contributed by atoms with E-state index < -0.39 is 9.84 Å². The van der Waals surface area contributed by atoms with Crippen LogP contribution in [-0.4, -0.2) is 52.7 Å². The summed E-state index contributed by atoms with van der Waals surface area (Å²) in [5, 5.41) is 0.513. The minimum absolute atomic E-state index is 0.134. The molecule has 0 aliphatic carbocycles. The molecule has 1 N–H and O–H groups in total. The Kier molecular flexibility index (Phi) is 5.83. The van der Waals surface area contributed by atoms with E-state index >= 15 is 0 Å². The van der Waals surface area contributed by atoms with E-state index in [2.05, 4.69) is 4.98 Å². The van der Waals surface area contributed by atoms with Crippen molar-refractivity contribution in [1.82, 2.24) is 4.98 Å². The van der Waals surface area contributed by atoms with Crippen LogP contribution in [0.1, 0.15) is 15.9 Å². The molecule has 1 heterocycles. The van der Waals surface area contributed by atoms with Gasteiger partial charge < -0.3 is 4.90 Å². The van der Waals surface area contributed by atoms with Crippen LogP contribution in [0.15, 0.2) is 47.4 Å². The van der Waals surface area contributed by atoms with E-state index in [0.29, 0.717) is 22.8 Å².